The van der Waals surface area contributed by atoms with Gasteiger partial charge in [0.2, 0.25) is 5.91 Å². The number of nitrogens with two attached hydrogens (primary N) is 1. The monoisotopic (exact) mass is 280 g/mol. The van der Waals surface area contributed by atoms with Crippen molar-refractivity contribution in [2.45, 2.75) is 13.0 Å². The van der Waals surface area contributed by atoms with E-state index in [2.05, 4.69) is 5.32 Å². The molecule has 2 rings (SSSR count). The van der Waals surface area contributed by atoms with Gasteiger partial charge in [-0.3, -0.25) is 4.79 Å². The lowest BCUT2D eigenvalue weighted by Crippen LogP contribution is -2.27. The molecule has 1 aromatic heterocycles. The highest BCUT2D eigenvalue weighted by Gasteiger charge is 2.17. The average Bonchev–Trinajstić information content (AvgIpc) is 2.87. The van der Waals surface area contributed by atoms with Crippen LogP contribution in [0.3, 0.4) is 0 Å². The van der Waals surface area contributed by atoms with E-state index in [1.807, 2.05) is 24.4 Å². The molecule has 1 atom stereocenters. The lowest BCUT2D eigenvalue weighted by molar-refractivity contribution is -0.117. The summed E-state index contributed by atoms with van der Waals surface area (Å²) < 4.78 is 0. The molecule has 5 heteroatoms. The molecule has 1 amide bonds. The summed E-state index contributed by atoms with van der Waals surface area (Å²) in [4.78, 5) is 12.8. The molecular weight excluding hydrogens is 268 g/mol. The molecule has 1 heterocycles. The van der Waals surface area contributed by atoms with Gasteiger partial charge in [0.25, 0.3) is 0 Å². The van der Waals surface area contributed by atoms with Crippen molar-refractivity contribution in [1.29, 1.82) is 0 Å². The smallest absolute Gasteiger partial charge is 0.246 e. The summed E-state index contributed by atoms with van der Waals surface area (Å²) in [6.45, 7) is 1.86. The predicted molar refractivity (Wildman–Crippen MR) is 76.1 cm³/mol. The van der Waals surface area contributed by atoms with E-state index in [0.29, 0.717) is 10.7 Å². The van der Waals surface area contributed by atoms with Gasteiger partial charge in [0, 0.05) is 15.6 Å². The molecule has 3 N–H and O–H groups in total. The molecule has 18 heavy (non-hydrogen) atoms. The Balaban J connectivity index is 2.14. The summed E-state index contributed by atoms with van der Waals surface area (Å²) in [6.07, 6.45) is 0. The first-order valence-corrected chi connectivity index (χ1v) is 6.70. The third-order valence-electron chi connectivity index (χ3n) is 2.66. The fraction of sp³-hybridized carbons (Fsp3) is 0.154. The van der Waals surface area contributed by atoms with Crippen LogP contribution in [-0.4, -0.2) is 5.91 Å². The molecule has 0 fully saturated rings. The van der Waals surface area contributed by atoms with Gasteiger partial charge in [-0.15, -0.1) is 11.3 Å². The molecule has 2 aromatic rings. The third kappa shape index (κ3) is 2.72. The van der Waals surface area contributed by atoms with Gasteiger partial charge >= 0.3 is 0 Å². The topological polar surface area (TPSA) is 55.1 Å². The minimum atomic E-state index is -0.650. The fourth-order valence-corrected chi connectivity index (χ4v) is 2.45. The average molecular weight is 281 g/mol. The van der Waals surface area contributed by atoms with E-state index in [0.717, 1.165) is 10.4 Å². The molecule has 94 valence electrons. The first-order valence-electron chi connectivity index (χ1n) is 5.44. The van der Waals surface area contributed by atoms with Crippen LogP contribution in [0.5, 0.6) is 0 Å². The Bertz CT molecular complexity index is 554. The summed E-state index contributed by atoms with van der Waals surface area (Å²) in [7, 11) is 0. The second-order valence-corrected chi connectivity index (χ2v) is 5.28. The highest BCUT2D eigenvalue weighted by atomic mass is 35.5. The van der Waals surface area contributed by atoms with Crippen LogP contribution in [0.1, 0.15) is 16.5 Å². The summed E-state index contributed by atoms with van der Waals surface area (Å²) in [5.74, 6) is -0.234. The Kier molecular flexibility index (Phi) is 4.01. The van der Waals surface area contributed by atoms with Crippen molar-refractivity contribution >= 4 is 34.5 Å². The Morgan fingerprint density at radius 1 is 1.39 bits per heavy atom. The number of thiophene rings is 1. The van der Waals surface area contributed by atoms with Crippen LogP contribution >= 0.6 is 22.9 Å². The summed E-state index contributed by atoms with van der Waals surface area (Å²) >= 11 is 7.46. The third-order valence-corrected chi connectivity index (χ3v) is 4.02. The van der Waals surface area contributed by atoms with Crippen LogP contribution in [0.15, 0.2) is 35.7 Å². The number of carbonyl (C=O) groups is 1. The van der Waals surface area contributed by atoms with E-state index in [-0.39, 0.29) is 5.91 Å². The van der Waals surface area contributed by atoms with Gasteiger partial charge in [0.15, 0.2) is 0 Å². The number of halogens is 1. The quantitative estimate of drug-likeness (QED) is 0.906. The Hall–Kier alpha value is -1.36. The van der Waals surface area contributed by atoms with Gasteiger partial charge in [0.05, 0.1) is 0 Å². The second-order valence-electron chi connectivity index (χ2n) is 3.89. The van der Waals surface area contributed by atoms with E-state index in [9.17, 15) is 4.79 Å². The minimum Gasteiger partial charge on any atom is -0.324 e. The maximum atomic E-state index is 12.0. The second kappa shape index (κ2) is 5.52. The number of amides is 1. The first kappa shape index (κ1) is 13.1. The van der Waals surface area contributed by atoms with Gasteiger partial charge in [-0.1, -0.05) is 23.7 Å². The number of benzene rings is 1. The van der Waals surface area contributed by atoms with Crippen molar-refractivity contribution < 1.29 is 4.79 Å². The van der Waals surface area contributed by atoms with E-state index in [1.54, 1.807) is 18.2 Å². The molecular formula is C13H13ClN2OS. The van der Waals surface area contributed by atoms with Crippen molar-refractivity contribution in [2.75, 3.05) is 5.32 Å². The molecule has 3 nitrogen and oxygen atoms in total. The molecule has 0 saturated carbocycles. The van der Waals surface area contributed by atoms with Crippen molar-refractivity contribution in [2.24, 2.45) is 5.73 Å². The maximum absolute atomic E-state index is 12.0. The van der Waals surface area contributed by atoms with Crippen molar-refractivity contribution in [1.82, 2.24) is 0 Å². The minimum absolute atomic E-state index is 0.234. The predicted octanol–water partition coefficient (Wildman–Crippen LogP) is 3.35. The van der Waals surface area contributed by atoms with Crippen LogP contribution in [0.2, 0.25) is 5.02 Å². The van der Waals surface area contributed by atoms with Gasteiger partial charge in [-0.05, 0) is 36.1 Å². The van der Waals surface area contributed by atoms with Crippen LogP contribution in [0.4, 0.5) is 5.69 Å². The van der Waals surface area contributed by atoms with E-state index in [4.69, 9.17) is 17.3 Å². The summed E-state index contributed by atoms with van der Waals surface area (Å²) in [5.41, 5.74) is 7.42. The van der Waals surface area contributed by atoms with Crippen LogP contribution in [-0.2, 0) is 4.79 Å². The van der Waals surface area contributed by atoms with Crippen LogP contribution in [0, 0.1) is 6.92 Å². The number of hydrogen-bond acceptors (Lipinski definition) is 3. The summed E-state index contributed by atoms with van der Waals surface area (Å²) in [6, 6.07) is 8.45. The van der Waals surface area contributed by atoms with Gasteiger partial charge in [-0.2, -0.15) is 0 Å². The van der Waals surface area contributed by atoms with Crippen molar-refractivity contribution in [3.05, 3.63) is 51.2 Å². The SMILES string of the molecule is Cc1c(Cl)cccc1NC(=O)C(N)c1cccs1. The zero-order chi connectivity index (χ0) is 13.1. The molecule has 0 radical (unpaired) electrons. The fourth-order valence-electron chi connectivity index (χ4n) is 1.55. The first-order chi connectivity index (χ1) is 8.59. The number of rotatable bonds is 3. The van der Waals surface area contributed by atoms with Gasteiger partial charge in [0.1, 0.15) is 6.04 Å². The van der Waals surface area contributed by atoms with Crippen molar-refractivity contribution in [3.63, 3.8) is 0 Å². The molecule has 1 aromatic carbocycles. The highest BCUT2D eigenvalue weighted by Crippen LogP contribution is 2.24. The van der Waals surface area contributed by atoms with E-state index >= 15 is 0 Å². The summed E-state index contributed by atoms with van der Waals surface area (Å²) in [5, 5.41) is 5.32. The number of anilines is 1. The molecule has 0 saturated heterocycles. The van der Waals surface area contributed by atoms with Crippen LogP contribution in [0.25, 0.3) is 0 Å². The van der Waals surface area contributed by atoms with Crippen LogP contribution < -0.4 is 11.1 Å². The normalized spacial score (nSPS) is 12.2. The highest BCUT2D eigenvalue weighted by molar-refractivity contribution is 7.10. The van der Waals surface area contributed by atoms with E-state index in [1.165, 1.54) is 11.3 Å². The molecule has 0 bridgehead atoms. The Labute approximate surface area is 115 Å². The maximum Gasteiger partial charge on any atom is 0.246 e. The van der Waals surface area contributed by atoms with Crippen molar-refractivity contribution in [3.8, 4) is 0 Å². The largest absolute Gasteiger partial charge is 0.324 e. The standard InChI is InChI=1S/C13H13ClN2OS/c1-8-9(14)4-2-5-10(8)16-13(17)12(15)11-6-3-7-18-11/h2-7,12H,15H2,1H3,(H,16,17). The number of carbonyl (C=O) groups excluding carboxylic acids is 1. The van der Waals surface area contributed by atoms with E-state index < -0.39 is 6.04 Å². The molecule has 0 aliphatic rings. The number of hydrogen-bond donors (Lipinski definition) is 2. The number of nitrogens with one attached hydrogen (secondary N) is 1. The lowest BCUT2D eigenvalue weighted by Gasteiger charge is -2.13. The van der Waals surface area contributed by atoms with Gasteiger partial charge < -0.3 is 11.1 Å². The van der Waals surface area contributed by atoms with Gasteiger partial charge in [-0.25, -0.2) is 0 Å². The zero-order valence-electron chi connectivity index (χ0n) is 9.81. The Morgan fingerprint density at radius 3 is 2.83 bits per heavy atom. The molecule has 0 spiro atoms. The molecule has 0 aliphatic carbocycles. The zero-order valence-corrected chi connectivity index (χ0v) is 11.4. The molecule has 1 unspecified atom stereocenters. The molecule has 0 aliphatic heterocycles. The lowest BCUT2D eigenvalue weighted by atomic mass is 10.2. The Morgan fingerprint density at radius 2 is 2.17 bits per heavy atom.